The van der Waals surface area contributed by atoms with Crippen LogP contribution in [-0.2, 0) is 0 Å². The predicted molar refractivity (Wildman–Crippen MR) is 84.6 cm³/mol. The van der Waals surface area contributed by atoms with Gasteiger partial charge >= 0.3 is 0 Å². The Labute approximate surface area is 124 Å². The van der Waals surface area contributed by atoms with E-state index in [0.717, 1.165) is 29.7 Å². The van der Waals surface area contributed by atoms with Crippen molar-refractivity contribution in [2.24, 2.45) is 10.9 Å². The summed E-state index contributed by atoms with van der Waals surface area (Å²) < 4.78 is 5.86. The molecule has 0 heterocycles. The van der Waals surface area contributed by atoms with Crippen LogP contribution in [0.5, 0.6) is 5.75 Å². The quantitative estimate of drug-likeness (QED) is 0.268. The Morgan fingerprint density at radius 1 is 1.00 bits per heavy atom. The zero-order valence-corrected chi connectivity index (χ0v) is 11.9. The summed E-state index contributed by atoms with van der Waals surface area (Å²) in [4.78, 5) is 0. The Morgan fingerprint density at radius 2 is 1.71 bits per heavy atom. The summed E-state index contributed by atoms with van der Waals surface area (Å²) in [5.41, 5.74) is 7.66. The monoisotopic (exact) mass is 284 g/mol. The number of hydrogen-bond donors (Lipinski definition) is 2. The minimum Gasteiger partial charge on any atom is -0.493 e. The SMILES string of the molecule is NC(CCCCOc1ccccc1-c1ccccc1)=NO. The van der Waals surface area contributed by atoms with Crippen molar-refractivity contribution in [3.05, 3.63) is 54.6 Å². The molecule has 4 nitrogen and oxygen atoms in total. The van der Waals surface area contributed by atoms with Gasteiger partial charge in [-0.05, 0) is 24.5 Å². The van der Waals surface area contributed by atoms with Gasteiger partial charge in [0, 0.05) is 12.0 Å². The second-order valence-corrected chi connectivity index (χ2v) is 4.76. The summed E-state index contributed by atoms with van der Waals surface area (Å²) in [6, 6.07) is 18.2. The first-order chi connectivity index (χ1) is 10.3. The van der Waals surface area contributed by atoms with Crippen LogP contribution >= 0.6 is 0 Å². The number of ether oxygens (including phenoxy) is 1. The third kappa shape index (κ3) is 4.53. The van der Waals surface area contributed by atoms with Gasteiger partial charge in [-0.2, -0.15) is 0 Å². The second kappa shape index (κ2) is 7.94. The highest BCUT2D eigenvalue weighted by Gasteiger charge is 2.05. The minimum atomic E-state index is 0.264. The summed E-state index contributed by atoms with van der Waals surface area (Å²) in [5, 5.41) is 11.4. The van der Waals surface area contributed by atoms with E-state index in [1.54, 1.807) is 0 Å². The van der Waals surface area contributed by atoms with Crippen molar-refractivity contribution in [2.75, 3.05) is 6.61 Å². The van der Waals surface area contributed by atoms with Gasteiger partial charge < -0.3 is 15.7 Å². The molecule has 0 unspecified atom stereocenters. The van der Waals surface area contributed by atoms with Crippen molar-refractivity contribution in [1.29, 1.82) is 0 Å². The molecule has 0 aliphatic heterocycles. The van der Waals surface area contributed by atoms with E-state index in [2.05, 4.69) is 23.4 Å². The molecule has 110 valence electrons. The van der Waals surface area contributed by atoms with Gasteiger partial charge in [0.1, 0.15) is 11.6 Å². The predicted octanol–water partition coefficient (Wildman–Crippen LogP) is 3.65. The largest absolute Gasteiger partial charge is 0.493 e. The number of nitrogens with two attached hydrogens (primary N) is 1. The number of rotatable bonds is 7. The molecule has 0 saturated carbocycles. The van der Waals surface area contributed by atoms with Crippen LogP contribution < -0.4 is 10.5 Å². The zero-order chi connectivity index (χ0) is 14.9. The molecular formula is C17H20N2O2. The summed E-state index contributed by atoms with van der Waals surface area (Å²) in [6.07, 6.45) is 2.28. The molecule has 0 aromatic heterocycles. The lowest BCUT2D eigenvalue weighted by Crippen LogP contribution is -2.11. The highest BCUT2D eigenvalue weighted by molar-refractivity contribution is 5.79. The Morgan fingerprint density at radius 3 is 2.48 bits per heavy atom. The molecule has 0 atom stereocenters. The lowest BCUT2D eigenvalue weighted by Gasteiger charge is -2.11. The smallest absolute Gasteiger partial charge is 0.139 e. The van der Waals surface area contributed by atoms with Crippen molar-refractivity contribution in [3.63, 3.8) is 0 Å². The van der Waals surface area contributed by atoms with Gasteiger partial charge in [-0.25, -0.2) is 0 Å². The fraction of sp³-hybridized carbons (Fsp3) is 0.235. The number of oxime groups is 1. The lowest BCUT2D eigenvalue weighted by molar-refractivity contribution is 0.305. The third-order valence-corrected chi connectivity index (χ3v) is 3.19. The van der Waals surface area contributed by atoms with Crippen LogP contribution in [-0.4, -0.2) is 17.6 Å². The van der Waals surface area contributed by atoms with E-state index in [-0.39, 0.29) is 5.84 Å². The first kappa shape index (κ1) is 14.9. The third-order valence-electron chi connectivity index (χ3n) is 3.19. The van der Waals surface area contributed by atoms with Crippen LogP contribution in [0.3, 0.4) is 0 Å². The lowest BCUT2D eigenvalue weighted by atomic mass is 10.1. The first-order valence-corrected chi connectivity index (χ1v) is 7.05. The van der Waals surface area contributed by atoms with Crippen LogP contribution in [0.25, 0.3) is 11.1 Å². The maximum absolute atomic E-state index is 8.46. The highest BCUT2D eigenvalue weighted by Crippen LogP contribution is 2.29. The molecule has 4 heteroatoms. The van der Waals surface area contributed by atoms with E-state index in [9.17, 15) is 0 Å². The Bertz CT molecular complexity index is 582. The maximum atomic E-state index is 8.46. The Hall–Kier alpha value is -2.49. The van der Waals surface area contributed by atoms with Crippen LogP contribution in [0.2, 0.25) is 0 Å². The average Bonchev–Trinajstić information content (AvgIpc) is 2.55. The van der Waals surface area contributed by atoms with Crippen molar-refractivity contribution < 1.29 is 9.94 Å². The number of unbranched alkanes of at least 4 members (excludes halogenated alkanes) is 1. The molecular weight excluding hydrogens is 264 g/mol. The van der Waals surface area contributed by atoms with Crippen LogP contribution in [0.15, 0.2) is 59.8 Å². The van der Waals surface area contributed by atoms with Gasteiger partial charge in [-0.3, -0.25) is 0 Å². The molecule has 0 amide bonds. The summed E-state index contributed by atoms with van der Waals surface area (Å²) in [7, 11) is 0. The average molecular weight is 284 g/mol. The number of amidine groups is 1. The fourth-order valence-electron chi connectivity index (χ4n) is 2.09. The van der Waals surface area contributed by atoms with Crippen LogP contribution in [0.1, 0.15) is 19.3 Å². The van der Waals surface area contributed by atoms with E-state index in [4.69, 9.17) is 15.7 Å². The van der Waals surface area contributed by atoms with Gasteiger partial charge in [0.2, 0.25) is 0 Å². The minimum absolute atomic E-state index is 0.264. The Balaban J connectivity index is 1.92. The fourth-order valence-corrected chi connectivity index (χ4v) is 2.09. The highest BCUT2D eigenvalue weighted by atomic mass is 16.5. The number of nitrogens with zero attached hydrogens (tertiary/aromatic N) is 1. The summed E-state index contributed by atoms with van der Waals surface area (Å²) in [5.74, 6) is 1.15. The van der Waals surface area contributed by atoms with Gasteiger partial charge in [0.25, 0.3) is 0 Å². The molecule has 2 aromatic carbocycles. The molecule has 0 saturated heterocycles. The van der Waals surface area contributed by atoms with E-state index in [1.807, 2.05) is 36.4 Å². The van der Waals surface area contributed by atoms with Crippen LogP contribution in [0.4, 0.5) is 0 Å². The molecule has 21 heavy (non-hydrogen) atoms. The van der Waals surface area contributed by atoms with Gasteiger partial charge in [0.15, 0.2) is 0 Å². The van der Waals surface area contributed by atoms with E-state index >= 15 is 0 Å². The normalized spacial score (nSPS) is 11.3. The molecule has 0 spiro atoms. The molecule has 0 fully saturated rings. The van der Waals surface area contributed by atoms with Crippen molar-refractivity contribution in [1.82, 2.24) is 0 Å². The summed E-state index contributed by atoms with van der Waals surface area (Å²) >= 11 is 0. The van der Waals surface area contributed by atoms with Crippen LogP contribution in [0, 0.1) is 0 Å². The van der Waals surface area contributed by atoms with Gasteiger partial charge in [0.05, 0.1) is 6.61 Å². The number of hydrogen-bond acceptors (Lipinski definition) is 3. The van der Waals surface area contributed by atoms with E-state index < -0.39 is 0 Å². The molecule has 0 aliphatic carbocycles. The standard InChI is InChI=1S/C17H20N2O2/c18-17(19-20)12-6-7-13-21-16-11-5-4-10-15(16)14-8-2-1-3-9-14/h1-5,8-11,20H,6-7,12-13H2,(H2,18,19). The van der Waals surface area contributed by atoms with Crippen molar-refractivity contribution in [3.8, 4) is 16.9 Å². The Kier molecular flexibility index (Phi) is 5.64. The molecule has 0 aliphatic rings. The molecule has 3 N–H and O–H groups in total. The van der Waals surface area contributed by atoms with E-state index in [1.165, 1.54) is 0 Å². The molecule has 0 bridgehead atoms. The van der Waals surface area contributed by atoms with Crippen molar-refractivity contribution in [2.45, 2.75) is 19.3 Å². The molecule has 2 rings (SSSR count). The number of para-hydroxylation sites is 1. The topological polar surface area (TPSA) is 67.8 Å². The maximum Gasteiger partial charge on any atom is 0.139 e. The zero-order valence-electron chi connectivity index (χ0n) is 11.9. The van der Waals surface area contributed by atoms with Gasteiger partial charge in [-0.1, -0.05) is 53.7 Å². The first-order valence-electron chi connectivity index (χ1n) is 7.05. The van der Waals surface area contributed by atoms with Crippen molar-refractivity contribution >= 4 is 5.84 Å². The number of benzene rings is 2. The molecule has 2 aromatic rings. The summed E-state index contributed by atoms with van der Waals surface area (Å²) in [6.45, 7) is 0.614. The second-order valence-electron chi connectivity index (χ2n) is 4.76. The van der Waals surface area contributed by atoms with E-state index in [0.29, 0.717) is 13.0 Å². The molecule has 0 radical (unpaired) electrons. The van der Waals surface area contributed by atoms with Gasteiger partial charge in [-0.15, -0.1) is 0 Å².